The summed E-state index contributed by atoms with van der Waals surface area (Å²) < 4.78 is 11.6. The average molecular weight is 479 g/mol. The Bertz CT molecular complexity index is 1340. The van der Waals surface area contributed by atoms with Crippen LogP contribution in [0.3, 0.4) is 0 Å². The number of rotatable bonds is 5. The maximum atomic E-state index is 12.7. The molecule has 0 unspecified atom stereocenters. The van der Waals surface area contributed by atoms with E-state index in [4.69, 9.17) is 9.47 Å². The molecule has 0 aromatic heterocycles. The normalized spacial score (nSPS) is 10.7. The van der Waals surface area contributed by atoms with Crippen molar-refractivity contribution in [2.75, 3.05) is 0 Å². The first kappa shape index (κ1) is 24.9. The topological polar surface area (TPSA) is 52.6 Å². The molecule has 182 valence electrons. The van der Waals surface area contributed by atoms with E-state index in [1.54, 1.807) is 24.3 Å². The van der Waals surface area contributed by atoms with Gasteiger partial charge >= 0.3 is 11.9 Å². The molecule has 0 aliphatic carbocycles. The monoisotopic (exact) mass is 478 g/mol. The third-order valence-electron chi connectivity index (χ3n) is 6.75. The Hall–Kier alpha value is -4.18. The molecule has 0 saturated heterocycles. The van der Waals surface area contributed by atoms with E-state index in [0.29, 0.717) is 22.6 Å². The van der Waals surface area contributed by atoms with Crippen molar-refractivity contribution in [1.82, 2.24) is 0 Å². The van der Waals surface area contributed by atoms with Crippen LogP contribution in [0.1, 0.15) is 54.1 Å². The van der Waals surface area contributed by atoms with Crippen LogP contribution in [0.2, 0.25) is 0 Å². The van der Waals surface area contributed by atoms with Crippen molar-refractivity contribution in [3.63, 3.8) is 0 Å². The van der Waals surface area contributed by atoms with Gasteiger partial charge in [-0.15, -0.1) is 0 Å². The van der Waals surface area contributed by atoms with Crippen LogP contribution in [0.5, 0.6) is 11.5 Å². The number of hydrogen-bond acceptors (Lipinski definition) is 4. The zero-order valence-electron chi connectivity index (χ0n) is 21.6. The van der Waals surface area contributed by atoms with Crippen LogP contribution in [0, 0.1) is 41.5 Å². The second kappa shape index (κ2) is 10.2. The average Bonchev–Trinajstić information content (AvgIpc) is 2.89. The van der Waals surface area contributed by atoms with Crippen molar-refractivity contribution in [3.8, 4) is 22.6 Å². The standard InChI is InChI=1S/C32H30O4/c1-19-17-27(21(3)23(5)29(19)35-31(33)25-13-9-7-10-14-25)28-18-20(2)30(24(6)22(28)4)36-32(34)26-15-11-8-12-16-26/h7-18H,1-6H3. The van der Waals surface area contributed by atoms with Gasteiger partial charge in [0, 0.05) is 0 Å². The molecule has 0 radical (unpaired) electrons. The van der Waals surface area contributed by atoms with Gasteiger partial charge in [-0.3, -0.25) is 0 Å². The fourth-order valence-electron chi connectivity index (χ4n) is 4.44. The highest BCUT2D eigenvalue weighted by molar-refractivity contribution is 5.92. The number of ether oxygens (including phenoxy) is 2. The van der Waals surface area contributed by atoms with Crippen LogP contribution in [0.15, 0.2) is 72.8 Å². The summed E-state index contributed by atoms with van der Waals surface area (Å²) in [5.74, 6) is 0.428. The van der Waals surface area contributed by atoms with Gasteiger partial charge < -0.3 is 9.47 Å². The van der Waals surface area contributed by atoms with E-state index in [1.165, 1.54) is 0 Å². The first-order valence-electron chi connectivity index (χ1n) is 12.0. The van der Waals surface area contributed by atoms with Crippen molar-refractivity contribution >= 4 is 11.9 Å². The Kier molecular flexibility index (Phi) is 7.07. The molecule has 0 aliphatic heterocycles. The minimum Gasteiger partial charge on any atom is -0.422 e. The summed E-state index contributed by atoms with van der Waals surface area (Å²) in [6.07, 6.45) is 0. The van der Waals surface area contributed by atoms with Crippen LogP contribution in [0.4, 0.5) is 0 Å². The molecular weight excluding hydrogens is 448 g/mol. The molecule has 4 nitrogen and oxygen atoms in total. The molecule has 36 heavy (non-hydrogen) atoms. The Balaban J connectivity index is 1.70. The van der Waals surface area contributed by atoms with Gasteiger partial charge in [0.05, 0.1) is 11.1 Å². The maximum absolute atomic E-state index is 12.7. The lowest BCUT2D eigenvalue weighted by Crippen LogP contribution is -2.12. The lowest BCUT2D eigenvalue weighted by atomic mass is 9.88. The van der Waals surface area contributed by atoms with Gasteiger partial charge in [-0.05, 0) is 122 Å². The van der Waals surface area contributed by atoms with Gasteiger partial charge in [0.2, 0.25) is 0 Å². The maximum Gasteiger partial charge on any atom is 0.343 e. The quantitative estimate of drug-likeness (QED) is 0.218. The van der Waals surface area contributed by atoms with Crippen molar-refractivity contribution < 1.29 is 19.1 Å². The third-order valence-corrected chi connectivity index (χ3v) is 6.75. The first-order chi connectivity index (χ1) is 17.2. The Morgan fingerprint density at radius 1 is 0.500 bits per heavy atom. The van der Waals surface area contributed by atoms with Gasteiger partial charge in [0.15, 0.2) is 0 Å². The highest BCUT2D eigenvalue weighted by Gasteiger charge is 2.21. The molecule has 0 aliphatic rings. The predicted molar refractivity (Wildman–Crippen MR) is 143 cm³/mol. The zero-order valence-corrected chi connectivity index (χ0v) is 21.6. The van der Waals surface area contributed by atoms with Crippen LogP contribution >= 0.6 is 0 Å². The second-order valence-electron chi connectivity index (χ2n) is 9.15. The summed E-state index contributed by atoms with van der Waals surface area (Å²) in [5.41, 5.74) is 8.83. The van der Waals surface area contributed by atoms with E-state index in [0.717, 1.165) is 44.5 Å². The van der Waals surface area contributed by atoms with Crippen molar-refractivity contribution in [1.29, 1.82) is 0 Å². The number of benzene rings is 4. The van der Waals surface area contributed by atoms with Crippen LogP contribution in [0.25, 0.3) is 11.1 Å². The molecule has 0 heterocycles. The Morgan fingerprint density at radius 3 is 1.17 bits per heavy atom. The molecule has 0 bridgehead atoms. The zero-order chi connectivity index (χ0) is 26.0. The number of hydrogen-bond donors (Lipinski definition) is 0. The van der Waals surface area contributed by atoms with Gasteiger partial charge in [-0.2, -0.15) is 0 Å². The third kappa shape index (κ3) is 4.80. The van der Waals surface area contributed by atoms with Gasteiger partial charge in [-0.25, -0.2) is 9.59 Å². The van der Waals surface area contributed by atoms with Gasteiger partial charge in [0.1, 0.15) is 11.5 Å². The number of esters is 2. The summed E-state index contributed by atoms with van der Waals surface area (Å²) in [5, 5.41) is 0. The second-order valence-corrected chi connectivity index (χ2v) is 9.15. The molecule has 4 aromatic rings. The molecule has 0 amide bonds. The molecule has 0 spiro atoms. The van der Waals surface area contributed by atoms with Crippen molar-refractivity contribution in [2.45, 2.75) is 41.5 Å². The van der Waals surface area contributed by atoms with Crippen molar-refractivity contribution in [2.24, 2.45) is 0 Å². The summed E-state index contributed by atoms with van der Waals surface area (Å²) in [6, 6.07) is 22.1. The number of aryl methyl sites for hydroxylation is 2. The Labute approximate surface area is 212 Å². The van der Waals surface area contributed by atoms with E-state index in [9.17, 15) is 9.59 Å². The van der Waals surface area contributed by atoms with Crippen LogP contribution in [-0.2, 0) is 0 Å². The van der Waals surface area contributed by atoms with Crippen molar-refractivity contribution in [3.05, 3.63) is 117 Å². The molecule has 0 N–H and O–H groups in total. The summed E-state index contributed by atoms with van der Waals surface area (Å²) in [4.78, 5) is 25.4. The molecule has 4 rings (SSSR count). The highest BCUT2D eigenvalue weighted by Crippen LogP contribution is 2.40. The number of carbonyl (C=O) groups excluding carboxylic acids is 2. The fraction of sp³-hybridized carbons (Fsp3) is 0.188. The van der Waals surface area contributed by atoms with Gasteiger partial charge in [0.25, 0.3) is 0 Å². The predicted octanol–water partition coefficient (Wildman–Crippen LogP) is 7.64. The SMILES string of the molecule is Cc1cc(-c2cc(C)c(OC(=O)c3ccccc3)c(C)c2C)c(C)c(C)c1OC(=O)c1ccccc1. The summed E-state index contributed by atoms with van der Waals surface area (Å²) in [6.45, 7) is 11.9. The lowest BCUT2D eigenvalue weighted by Gasteiger charge is -2.21. The van der Waals surface area contributed by atoms with Crippen LogP contribution < -0.4 is 9.47 Å². The van der Waals surface area contributed by atoms with E-state index < -0.39 is 0 Å². The minimum atomic E-state index is -0.374. The number of carbonyl (C=O) groups is 2. The fourth-order valence-corrected chi connectivity index (χ4v) is 4.44. The Morgan fingerprint density at radius 2 is 0.833 bits per heavy atom. The van der Waals surface area contributed by atoms with E-state index in [2.05, 4.69) is 12.1 Å². The summed E-state index contributed by atoms with van der Waals surface area (Å²) >= 11 is 0. The molecular formula is C32H30O4. The smallest absolute Gasteiger partial charge is 0.343 e. The molecule has 0 atom stereocenters. The van der Waals surface area contributed by atoms with Crippen LogP contribution in [-0.4, -0.2) is 11.9 Å². The molecule has 0 saturated carbocycles. The molecule has 4 aromatic carbocycles. The van der Waals surface area contributed by atoms with E-state index >= 15 is 0 Å². The molecule has 4 heteroatoms. The largest absolute Gasteiger partial charge is 0.422 e. The van der Waals surface area contributed by atoms with E-state index in [-0.39, 0.29) is 11.9 Å². The lowest BCUT2D eigenvalue weighted by molar-refractivity contribution is 0.0723. The highest BCUT2D eigenvalue weighted by atomic mass is 16.5. The first-order valence-corrected chi connectivity index (χ1v) is 12.0. The van der Waals surface area contributed by atoms with E-state index in [1.807, 2.05) is 77.9 Å². The summed E-state index contributed by atoms with van der Waals surface area (Å²) in [7, 11) is 0. The van der Waals surface area contributed by atoms with Gasteiger partial charge in [-0.1, -0.05) is 36.4 Å². The molecule has 0 fully saturated rings. The minimum absolute atomic E-state index is 0.374.